The highest BCUT2D eigenvalue weighted by molar-refractivity contribution is 9.10. The second kappa shape index (κ2) is 7.77. The van der Waals surface area contributed by atoms with Crippen LogP contribution in [0.25, 0.3) is 0 Å². The summed E-state index contributed by atoms with van der Waals surface area (Å²) in [5, 5.41) is 2.91. The molecule has 116 valence electrons. The van der Waals surface area contributed by atoms with Gasteiger partial charge in [-0.3, -0.25) is 9.69 Å². The van der Waals surface area contributed by atoms with E-state index >= 15 is 0 Å². The lowest BCUT2D eigenvalue weighted by molar-refractivity contribution is -0.118. The molecule has 1 aliphatic rings. The smallest absolute Gasteiger partial charge is 0.238 e. The minimum absolute atomic E-state index is 0.0161. The van der Waals surface area contributed by atoms with Gasteiger partial charge < -0.3 is 15.8 Å². The fraction of sp³-hybridized carbons (Fsp3) is 0.533. The number of nitrogens with one attached hydrogen (secondary N) is 1. The van der Waals surface area contributed by atoms with Gasteiger partial charge in [-0.25, -0.2) is 0 Å². The highest BCUT2D eigenvalue weighted by Crippen LogP contribution is 2.24. The largest absolute Gasteiger partial charge is 0.399 e. The maximum atomic E-state index is 12.1. The quantitative estimate of drug-likeness (QED) is 0.796. The Hall–Kier alpha value is -1.11. The van der Waals surface area contributed by atoms with Gasteiger partial charge >= 0.3 is 0 Å². The molecule has 6 heteroatoms. The predicted octanol–water partition coefficient (Wildman–Crippen LogP) is 2.47. The van der Waals surface area contributed by atoms with Crippen LogP contribution in [-0.4, -0.2) is 43.2 Å². The summed E-state index contributed by atoms with van der Waals surface area (Å²) in [6.07, 6.45) is 2.40. The average molecular weight is 356 g/mol. The standard InChI is InChI=1S/C15H22BrN3O2/c1-2-21-12-4-3-7-19(9-12)10-15(20)18-14-6-5-11(17)8-13(14)16/h5-6,8,12H,2-4,7,9-10,17H2,1H3,(H,18,20). The molecule has 1 saturated heterocycles. The zero-order valence-corrected chi connectivity index (χ0v) is 13.9. The number of piperidine rings is 1. The van der Waals surface area contributed by atoms with E-state index in [9.17, 15) is 4.79 Å². The zero-order valence-electron chi connectivity index (χ0n) is 12.3. The van der Waals surface area contributed by atoms with Crippen LogP contribution in [0.15, 0.2) is 22.7 Å². The summed E-state index contributed by atoms with van der Waals surface area (Å²) in [6.45, 7) is 4.89. The lowest BCUT2D eigenvalue weighted by Gasteiger charge is -2.31. The van der Waals surface area contributed by atoms with Crippen molar-refractivity contribution in [2.45, 2.75) is 25.9 Å². The Morgan fingerprint density at radius 2 is 2.38 bits per heavy atom. The molecule has 0 aliphatic carbocycles. The van der Waals surface area contributed by atoms with Crippen LogP contribution in [0.4, 0.5) is 11.4 Å². The van der Waals surface area contributed by atoms with Gasteiger partial charge in [0.15, 0.2) is 0 Å². The van der Waals surface area contributed by atoms with Crippen LogP contribution in [0.1, 0.15) is 19.8 Å². The first-order valence-corrected chi connectivity index (χ1v) is 8.06. The van der Waals surface area contributed by atoms with E-state index in [0.29, 0.717) is 12.2 Å². The predicted molar refractivity (Wildman–Crippen MR) is 88.3 cm³/mol. The Morgan fingerprint density at radius 1 is 1.57 bits per heavy atom. The number of nitrogens with zero attached hydrogens (tertiary/aromatic N) is 1. The second-order valence-corrected chi connectivity index (χ2v) is 6.10. The Labute approximate surface area is 134 Å². The van der Waals surface area contributed by atoms with Gasteiger partial charge in [-0.2, -0.15) is 0 Å². The third-order valence-corrected chi connectivity index (χ3v) is 4.16. The normalized spacial score (nSPS) is 19.4. The van der Waals surface area contributed by atoms with E-state index in [0.717, 1.165) is 42.7 Å². The molecule has 0 radical (unpaired) electrons. The van der Waals surface area contributed by atoms with Crippen molar-refractivity contribution in [2.24, 2.45) is 0 Å². The lowest BCUT2D eigenvalue weighted by Crippen LogP contribution is -2.43. The SMILES string of the molecule is CCOC1CCCN(CC(=O)Nc2ccc(N)cc2Br)C1. The number of nitrogen functional groups attached to an aromatic ring is 1. The minimum Gasteiger partial charge on any atom is -0.399 e. The van der Waals surface area contributed by atoms with Crippen molar-refractivity contribution in [1.82, 2.24) is 4.90 Å². The van der Waals surface area contributed by atoms with E-state index in [2.05, 4.69) is 26.1 Å². The van der Waals surface area contributed by atoms with Crippen LogP contribution in [0.5, 0.6) is 0 Å². The molecule has 1 aromatic carbocycles. The topological polar surface area (TPSA) is 67.6 Å². The first-order valence-electron chi connectivity index (χ1n) is 7.27. The highest BCUT2D eigenvalue weighted by atomic mass is 79.9. The molecular weight excluding hydrogens is 334 g/mol. The van der Waals surface area contributed by atoms with E-state index in [4.69, 9.17) is 10.5 Å². The van der Waals surface area contributed by atoms with Gasteiger partial charge in [-0.1, -0.05) is 0 Å². The van der Waals surface area contributed by atoms with Gasteiger partial charge in [-0.15, -0.1) is 0 Å². The van der Waals surface area contributed by atoms with Gasteiger partial charge in [0.05, 0.1) is 18.3 Å². The molecule has 1 unspecified atom stereocenters. The number of likely N-dealkylation sites (tertiary alicyclic amines) is 1. The number of nitrogens with two attached hydrogens (primary N) is 1. The van der Waals surface area contributed by atoms with Crippen LogP contribution in [0, 0.1) is 0 Å². The molecule has 3 N–H and O–H groups in total. The molecule has 2 rings (SSSR count). The van der Waals surface area contributed by atoms with Gasteiger partial charge in [0.1, 0.15) is 0 Å². The van der Waals surface area contributed by atoms with Crippen LogP contribution in [0.3, 0.4) is 0 Å². The maximum Gasteiger partial charge on any atom is 0.238 e. The molecular formula is C15H22BrN3O2. The van der Waals surface area contributed by atoms with Gasteiger partial charge in [0, 0.05) is 23.3 Å². The van der Waals surface area contributed by atoms with Crippen molar-refractivity contribution in [3.8, 4) is 0 Å². The number of carbonyl (C=O) groups excluding carboxylic acids is 1. The van der Waals surface area contributed by atoms with Crippen LogP contribution in [-0.2, 0) is 9.53 Å². The third kappa shape index (κ3) is 4.98. The number of ether oxygens (including phenoxy) is 1. The van der Waals surface area contributed by atoms with Crippen LogP contribution in [0.2, 0.25) is 0 Å². The first kappa shape index (κ1) is 16.3. The first-order chi connectivity index (χ1) is 10.1. The van der Waals surface area contributed by atoms with Crippen LogP contribution >= 0.6 is 15.9 Å². The number of benzene rings is 1. The molecule has 0 aromatic heterocycles. The van der Waals surface area contributed by atoms with Crippen molar-refractivity contribution < 1.29 is 9.53 Å². The Kier molecular flexibility index (Phi) is 6.02. The Morgan fingerprint density at radius 3 is 3.10 bits per heavy atom. The third-order valence-electron chi connectivity index (χ3n) is 3.50. The lowest BCUT2D eigenvalue weighted by atomic mass is 10.1. The number of hydrogen-bond donors (Lipinski definition) is 2. The number of hydrogen-bond acceptors (Lipinski definition) is 4. The zero-order chi connectivity index (χ0) is 15.2. The Bertz CT molecular complexity index is 494. The van der Waals surface area contributed by atoms with Crippen LogP contribution < -0.4 is 11.1 Å². The molecule has 5 nitrogen and oxygen atoms in total. The number of rotatable bonds is 5. The van der Waals surface area contributed by atoms with Crippen molar-refractivity contribution in [2.75, 3.05) is 37.3 Å². The number of amides is 1. The number of anilines is 2. The molecule has 1 aromatic rings. The van der Waals surface area contributed by atoms with Crippen molar-refractivity contribution in [3.05, 3.63) is 22.7 Å². The highest BCUT2D eigenvalue weighted by Gasteiger charge is 2.21. The van der Waals surface area contributed by atoms with Crippen molar-refractivity contribution >= 4 is 33.2 Å². The maximum absolute atomic E-state index is 12.1. The van der Waals surface area contributed by atoms with E-state index in [-0.39, 0.29) is 12.0 Å². The molecule has 1 aliphatic heterocycles. The summed E-state index contributed by atoms with van der Waals surface area (Å²) in [7, 11) is 0. The molecule has 0 bridgehead atoms. The van der Waals surface area contributed by atoms with Crippen molar-refractivity contribution in [1.29, 1.82) is 0 Å². The molecule has 1 fully saturated rings. The fourth-order valence-corrected chi connectivity index (χ4v) is 3.05. The van der Waals surface area contributed by atoms with Gasteiger partial charge in [0.2, 0.25) is 5.91 Å². The van der Waals surface area contributed by atoms with E-state index in [1.165, 1.54) is 0 Å². The van der Waals surface area contributed by atoms with Gasteiger partial charge in [-0.05, 0) is 60.4 Å². The number of halogens is 1. The summed E-state index contributed by atoms with van der Waals surface area (Å²) < 4.78 is 6.44. The van der Waals surface area contributed by atoms with Crippen molar-refractivity contribution in [3.63, 3.8) is 0 Å². The molecule has 0 spiro atoms. The molecule has 1 heterocycles. The van der Waals surface area contributed by atoms with E-state index in [1.807, 2.05) is 6.92 Å². The monoisotopic (exact) mass is 355 g/mol. The molecule has 21 heavy (non-hydrogen) atoms. The van der Waals surface area contributed by atoms with E-state index < -0.39 is 0 Å². The molecule has 0 saturated carbocycles. The average Bonchev–Trinajstić information content (AvgIpc) is 2.43. The Balaban J connectivity index is 1.86. The summed E-state index contributed by atoms with van der Waals surface area (Å²) in [5.74, 6) is -0.0161. The minimum atomic E-state index is -0.0161. The van der Waals surface area contributed by atoms with E-state index in [1.54, 1.807) is 18.2 Å². The second-order valence-electron chi connectivity index (χ2n) is 5.24. The van der Waals surface area contributed by atoms with Gasteiger partial charge in [0.25, 0.3) is 0 Å². The number of carbonyl (C=O) groups is 1. The summed E-state index contributed by atoms with van der Waals surface area (Å²) in [6, 6.07) is 5.35. The molecule has 1 amide bonds. The molecule has 1 atom stereocenters. The summed E-state index contributed by atoms with van der Waals surface area (Å²) in [4.78, 5) is 14.3. The fourth-order valence-electron chi connectivity index (χ4n) is 2.55. The summed E-state index contributed by atoms with van der Waals surface area (Å²) in [5.41, 5.74) is 7.09. The summed E-state index contributed by atoms with van der Waals surface area (Å²) >= 11 is 3.40.